The van der Waals surface area contributed by atoms with Gasteiger partial charge in [-0.1, -0.05) is 0 Å². The summed E-state index contributed by atoms with van der Waals surface area (Å²) in [5, 5.41) is 6.82. The maximum atomic E-state index is 12.4. The lowest BCUT2D eigenvalue weighted by atomic mass is 10.3. The lowest BCUT2D eigenvalue weighted by molar-refractivity contribution is -0.152. The fraction of sp³-hybridized carbons (Fsp3) is 0.278. The molecule has 3 aromatic heterocycles. The van der Waals surface area contributed by atoms with Gasteiger partial charge in [0.15, 0.2) is 5.76 Å². The van der Waals surface area contributed by atoms with Crippen molar-refractivity contribution in [2.24, 2.45) is 0 Å². The van der Waals surface area contributed by atoms with Crippen LogP contribution in [0.5, 0.6) is 0 Å². The molecule has 0 spiro atoms. The number of carbonyl (C=O) groups is 2. The number of anilines is 1. The van der Waals surface area contributed by atoms with Gasteiger partial charge in [-0.3, -0.25) is 14.6 Å². The molecule has 1 aliphatic carbocycles. The van der Waals surface area contributed by atoms with Gasteiger partial charge in [0.25, 0.3) is 5.56 Å². The molecule has 0 bridgehead atoms. The van der Waals surface area contributed by atoms with E-state index < -0.39 is 11.9 Å². The van der Waals surface area contributed by atoms with Gasteiger partial charge in [0.2, 0.25) is 5.95 Å². The highest BCUT2D eigenvalue weighted by Crippen LogP contribution is 2.25. The van der Waals surface area contributed by atoms with Gasteiger partial charge in [0.05, 0.1) is 18.6 Å². The zero-order valence-electron chi connectivity index (χ0n) is 15.0. The molecule has 0 saturated carbocycles. The van der Waals surface area contributed by atoms with Gasteiger partial charge in [-0.25, -0.2) is 9.78 Å². The van der Waals surface area contributed by atoms with Crippen LogP contribution in [0.4, 0.5) is 5.82 Å². The molecular weight excluding hydrogens is 366 g/mol. The number of rotatable bonds is 4. The molecule has 0 radical (unpaired) electrons. The van der Waals surface area contributed by atoms with E-state index in [-0.39, 0.29) is 23.9 Å². The van der Waals surface area contributed by atoms with Crippen LogP contribution in [-0.2, 0) is 27.2 Å². The number of hydrogen-bond acceptors (Lipinski definition) is 7. The summed E-state index contributed by atoms with van der Waals surface area (Å²) in [7, 11) is 0. The van der Waals surface area contributed by atoms with Gasteiger partial charge in [0, 0.05) is 11.6 Å². The molecule has 3 heterocycles. The van der Waals surface area contributed by atoms with Crippen LogP contribution >= 0.6 is 0 Å². The minimum atomic E-state index is -1.02. The third-order valence-corrected chi connectivity index (χ3v) is 4.32. The molecule has 0 saturated heterocycles. The van der Waals surface area contributed by atoms with Crippen molar-refractivity contribution < 1.29 is 18.7 Å². The van der Waals surface area contributed by atoms with E-state index in [2.05, 4.69) is 20.4 Å². The molecule has 1 amide bonds. The molecule has 2 N–H and O–H groups in total. The molecule has 10 nitrogen and oxygen atoms in total. The largest absolute Gasteiger partial charge is 0.463 e. The summed E-state index contributed by atoms with van der Waals surface area (Å²) in [5.74, 6) is -1.25. The van der Waals surface area contributed by atoms with E-state index >= 15 is 0 Å². The van der Waals surface area contributed by atoms with Crippen molar-refractivity contribution in [3.63, 3.8) is 0 Å². The van der Waals surface area contributed by atoms with E-state index in [0.29, 0.717) is 35.6 Å². The summed E-state index contributed by atoms with van der Waals surface area (Å²) in [6.45, 7) is 1.67. The number of amides is 1. The van der Waals surface area contributed by atoms with Gasteiger partial charge in [0.1, 0.15) is 11.5 Å². The minimum absolute atomic E-state index is 0.0723. The maximum Gasteiger partial charge on any atom is 0.397 e. The van der Waals surface area contributed by atoms with E-state index in [9.17, 15) is 14.4 Å². The first-order valence-electron chi connectivity index (χ1n) is 8.81. The highest BCUT2D eigenvalue weighted by atomic mass is 16.5. The topological polar surface area (TPSA) is 132 Å². The molecule has 0 unspecified atom stereocenters. The quantitative estimate of drug-likeness (QED) is 0.511. The van der Waals surface area contributed by atoms with Gasteiger partial charge in [-0.2, -0.15) is 9.78 Å². The van der Waals surface area contributed by atoms with Crippen molar-refractivity contribution in [2.75, 3.05) is 11.9 Å². The second-order valence-electron chi connectivity index (χ2n) is 6.15. The normalized spacial score (nSPS) is 12.6. The standard InChI is InChI=1S/C18H17N5O5/c1-2-27-17(26)16(25)20-14-9-12(13-7-4-8-28-13)22-23(14)18-19-11-6-3-5-10(11)15(24)21-18/h4,7-9H,2-3,5-6H2,1H3,(H,20,25)(H,19,21,24). The Morgan fingerprint density at radius 3 is 3.00 bits per heavy atom. The molecule has 10 heteroatoms. The number of furan rings is 1. The Morgan fingerprint density at radius 1 is 1.39 bits per heavy atom. The van der Waals surface area contributed by atoms with Crippen LogP contribution in [0.25, 0.3) is 17.4 Å². The van der Waals surface area contributed by atoms with Gasteiger partial charge in [-0.15, -0.1) is 0 Å². The first kappa shape index (κ1) is 17.7. The summed E-state index contributed by atoms with van der Waals surface area (Å²) in [6.07, 6.45) is 3.73. The average molecular weight is 383 g/mol. The average Bonchev–Trinajstić information content (AvgIpc) is 3.41. The number of ether oxygens (including phenoxy) is 1. The van der Waals surface area contributed by atoms with Crippen LogP contribution in [0.1, 0.15) is 24.6 Å². The van der Waals surface area contributed by atoms with Crippen molar-refractivity contribution in [3.05, 3.63) is 46.1 Å². The molecule has 3 aromatic rings. The predicted octanol–water partition coefficient (Wildman–Crippen LogP) is 1.21. The number of fused-ring (bicyclic) bond motifs is 1. The Kier molecular flexibility index (Phi) is 4.52. The molecule has 0 atom stereocenters. The SMILES string of the molecule is CCOC(=O)C(=O)Nc1cc(-c2ccco2)nn1-c1nc2c(c(=O)[nH]1)CCC2. The van der Waals surface area contributed by atoms with E-state index in [1.807, 2.05) is 0 Å². The van der Waals surface area contributed by atoms with Crippen LogP contribution in [0.15, 0.2) is 33.7 Å². The van der Waals surface area contributed by atoms with E-state index in [1.165, 1.54) is 17.0 Å². The first-order valence-corrected chi connectivity index (χ1v) is 8.81. The fourth-order valence-corrected chi connectivity index (χ4v) is 3.07. The molecule has 28 heavy (non-hydrogen) atoms. The molecule has 1 aliphatic rings. The summed E-state index contributed by atoms with van der Waals surface area (Å²) in [5.41, 5.74) is 1.53. The second-order valence-corrected chi connectivity index (χ2v) is 6.15. The molecule has 0 aromatic carbocycles. The molecule has 0 aliphatic heterocycles. The number of aromatic amines is 1. The summed E-state index contributed by atoms with van der Waals surface area (Å²) < 4.78 is 11.3. The van der Waals surface area contributed by atoms with E-state index in [0.717, 1.165) is 6.42 Å². The smallest absolute Gasteiger partial charge is 0.397 e. The molecule has 0 fully saturated rings. The maximum absolute atomic E-state index is 12.4. The Labute approximate surface area is 158 Å². The summed E-state index contributed by atoms with van der Waals surface area (Å²) >= 11 is 0. The van der Waals surface area contributed by atoms with Crippen molar-refractivity contribution >= 4 is 17.7 Å². The third-order valence-electron chi connectivity index (χ3n) is 4.32. The number of aryl methyl sites for hydroxylation is 1. The van der Waals surface area contributed by atoms with E-state index in [4.69, 9.17) is 9.15 Å². The minimum Gasteiger partial charge on any atom is -0.463 e. The fourth-order valence-electron chi connectivity index (χ4n) is 3.07. The molecular formula is C18H17N5O5. The van der Waals surface area contributed by atoms with Crippen molar-refractivity contribution in [3.8, 4) is 17.4 Å². The number of esters is 1. The Bertz CT molecular complexity index is 1100. The zero-order chi connectivity index (χ0) is 19.7. The highest BCUT2D eigenvalue weighted by Gasteiger charge is 2.23. The number of aromatic nitrogens is 4. The van der Waals surface area contributed by atoms with Gasteiger partial charge < -0.3 is 14.5 Å². The Hall–Kier alpha value is -3.69. The van der Waals surface area contributed by atoms with Crippen LogP contribution in [0.3, 0.4) is 0 Å². The first-order chi connectivity index (χ1) is 13.6. The molecule has 144 valence electrons. The van der Waals surface area contributed by atoms with Gasteiger partial charge >= 0.3 is 11.9 Å². The zero-order valence-corrected chi connectivity index (χ0v) is 15.0. The molecule has 4 rings (SSSR count). The number of hydrogen-bond donors (Lipinski definition) is 2. The van der Waals surface area contributed by atoms with Crippen molar-refractivity contribution in [2.45, 2.75) is 26.2 Å². The van der Waals surface area contributed by atoms with Gasteiger partial charge in [-0.05, 0) is 38.3 Å². The van der Waals surface area contributed by atoms with Crippen LogP contribution < -0.4 is 10.9 Å². The number of nitrogens with one attached hydrogen (secondary N) is 2. The summed E-state index contributed by atoms with van der Waals surface area (Å²) in [6, 6.07) is 4.91. The van der Waals surface area contributed by atoms with E-state index in [1.54, 1.807) is 19.1 Å². The monoisotopic (exact) mass is 383 g/mol. The van der Waals surface area contributed by atoms with Crippen LogP contribution in [-0.4, -0.2) is 38.2 Å². The van der Waals surface area contributed by atoms with Crippen molar-refractivity contribution in [1.82, 2.24) is 19.7 Å². The summed E-state index contributed by atoms with van der Waals surface area (Å²) in [4.78, 5) is 43.3. The predicted molar refractivity (Wildman–Crippen MR) is 97.0 cm³/mol. The lowest BCUT2D eigenvalue weighted by Gasteiger charge is -2.08. The van der Waals surface area contributed by atoms with Crippen LogP contribution in [0.2, 0.25) is 0 Å². The van der Waals surface area contributed by atoms with Crippen LogP contribution in [0, 0.1) is 0 Å². The Morgan fingerprint density at radius 2 is 2.25 bits per heavy atom. The second kappa shape index (κ2) is 7.14. The highest BCUT2D eigenvalue weighted by molar-refractivity contribution is 6.37. The Balaban J connectivity index is 1.77. The third kappa shape index (κ3) is 3.20. The lowest BCUT2D eigenvalue weighted by Crippen LogP contribution is -2.27. The van der Waals surface area contributed by atoms with Crippen molar-refractivity contribution in [1.29, 1.82) is 0 Å². The number of nitrogens with zero attached hydrogens (tertiary/aromatic N) is 3. The number of carbonyl (C=O) groups excluding carboxylic acids is 2. The number of H-pyrrole nitrogens is 1.